The van der Waals surface area contributed by atoms with Crippen molar-refractivity contribution in [1.82, 2.24) is 4.90 Å². The molecule has 1 N–H and O–H groups in total. The zero-order chi connectivity index (χ0) is 15.6. The van der Waals surface area contributed by atoms with Crippen LogP contribution in [-0.2, 0) is 9.47 Å². The van der Waals surface area contributed by atoms with E-state index in [4.69, 9.17) is 9.47 Å². The molecular formula is C16H29NO4. The number of likely N-dealkylation sites (tertiary alicyclic amines) is 1. The molecule has 4 unspecified atom stereocenters. The van der Waals surface area contributed by atoms with Crippen LogP contribution < -0.4 is 0 Å². The van der Waals surface area contributed by atoms with Gasteiger partial charge in [0.2, 0.25) is 0 Å². The van der Waals surface area contributed by atoms with Crippen molar-refractivity contribution in [2.24, 2.45) is 5.92 Å². The summed E-state index contributed by atoms with van der Waals surface area (Å²) < 4.78 is 11.3. The van der Waals surface area contributed by atoms with Crippen molar-refractivity contribution in [2.75, 3.05) is 13.1 Å². The van der Waals surface area contributed by atoms with Crippen LogP contribution in [0.2, 0.25) is 0 Å². The summed E-state index contributed by atoms with van der Waals surface area (Å²) in [4.78, 5) is 13.9. The number of hydrogen-bond donors (Lipinski definition) is 1. The van der Waals surface area contributed by atoms with Crippen molar-refractivity contribution in [3.63, 3.8) is 0 Å². The van der Waals surface area contributed by atoms with E-state index in [2.05, 4.69) is 6.92 Å². The monoisotopic (exact) mass is 299 g/mol. The molecule has 5 nitrogen and oxygen atoms in total. The SMILES string of the molecule is CC1CCC(CC2CN(C(=O)OC(C)(C)C)CCC2O)O1. The molecule has 5 heteroatoms. The van der Waals surface area contributed by atoms with Crippen LogP contribution in [0.3, 0.4) is 0 Å². The summed E-state index contributed by atoms with van der Waals surface area (Å²) in [6.07, 6.45) is 3.50. The largest absolute Gasteiger partial charge is 0.444 e. The molecule has 4 atom stereocenters. The molecule has 0 aromatic rings. The van der Waals surface area contributed by atoms with Gasteiger partial charge in [-0.15, -0.1) is 0 Å². The molecule has 2 aliphatic heterocycles. The Balaban J connectivity index is 1.88. The summed E-state index contributed by atoms with van der Waals surface area (Å²) in [7, 11) is 0. The molecular weight excluding hydrogens is 270 g/mol. The van der Waals surface area contributed by atoms with Gasteiger partial charge in [0.1, 0.15) is 5.60 Å². The summed E-state index contributed by atoms with van der Waals surface area (Å²) >= 11 is 0. The second-order valence-corrected chi connectivity index (χ2v) is 7.42. The number of carbonyl (C=O) groups excluding carboxylic acids is 1. The maximum Gasteiger partial charge on any atom is 0.410 e. The molecule has 0 aromatic heterocycles. The van der Waals surface area contributed by atoms with Gasteiger partial charge in [-0.05, 0) is 53.4 Å². The molecule has 122 valence electrons. The smallest absolute Gasteiger partial charge is 0.410 e. The second-order valence-electron chi connectivity index (χ2n) is 7.42. The normalized spacial score (nSPS) is 34.0. The molecule has 2 rings (SSSR count). The van der Waals surface area contributed by atoms with Gasteiger partial charge in [-0.3, -0.25) is 0 Å². The van der Waals surface area contributed by atoms with E-state index in [-0.39, 0.29) is 24.2 Å². The van der Waals surface area contributed by atoms with E-state index >= 15 is 0 Å². The fourth-order valence-corrected chi connectivity index (χ4v) is 3.14. The summed E-state index contributed by atoms with van der Waals surface area (Å²) in [5.41, 5.74) is -0.480. The highest BCUT2D eigenvalue weighted by atomic mass is 16.6. The molecule has 0 aliphatic carbocycles. The number of amides is 1. The Labute approximate surface area is 127 Å². The summed E-state index contributed by atoms with van der Waals surface area (Å²) in [6.45, 7) is 8.82. The van der Waals surface area contributed by atoms with E-state index < -0.39 is 5.60 Å². The molecule has 2 heterocycles. The third-order valence-electron chi connectivity index (χ3n) is 4.23. The first kappa shape index (κ1) is 16.6. The van der Waals surface area contributed by atoms with Crippen molar-refractivity contribution >= 4 is 6.09 Å². The van der Waals surface area contributed by atoms with Gasteiger partial charge in [0.15, 0.2) is 0 Å². The Morgan fingerprint density at radius 1 is 1.33 bits per heavy atom. The number of ether oxygens (including phenoxy) is 2. The zero-order valence-corrected chi connectivity index (χ0v) is 13.7. The highest BCUT2D eigenvalue weighted by Gasteiger charge is 2.35. The number of aliphatic hydroxyl groups is 1. The van der Waals surface area contributed by atoms with Crippen LogP contribution in [0.5, 0.6) is 0 Å². The number of hydrogen-bond acceptors (Lipinski definition) is 4. The molecule has 0 bridgehead atoms. The molecule has 2 aliphatic rings. The lowest BCUT2D eigenvalue weighted by Gasteiger charge is -2.37. The van der Waals surface area contributed by atoms with Crippen LogP contribution in [0.15, 0.2) is 0 Å². The number of rotatable bonds is 2. The van der Waals surface area contributed by atoms with Gasteiger partial charge < -0.3 is 19.5 Å². The lowest BCUT2D eigenvalue weighted by molar-refractivity contribution is -0.0289. The minimum atomic E-state index is -0.480. The van der Waals surface area contributed by atoms with E-state index in [1.54, 1.807) is 4.90 Å². The summed E-state index contributed by atoms with van der Waals surface area (Å²) in [6, 6.07) is 0. The fourth-order valence-electron chi connectivity index (χ4n) is 3.14. The Hall–Kier alpha value is -0.810. The van der Waals surface area contributed by atoms with Crippen LogP contribution in [0.1, 0.15) is 53.4 Å². The van der Waals surface area contributed by atoms with Gasteiger partial charge in [-0.1, -0.05) is 0 Å². The Morgan fingerprint density at radius 3 is 2.62 bits per heavy atom. The summed E-state index contributed by atoms with van der Waals surface area (Å²) in [5.74, 6) is 0.0848. The minimum Gasteiger partial charge on any atom is -0.444 e. The predicted molar refractivity (Wildman–Crippen MR) is 80.1 cm³/mol. The molecule has 0 aromatic carbocycles. The lowest BCUT2D eigenvalue weighted by atomic mass is 9.89. The van der Waals surface area contributed by atoms with Crippen molar-refractivity contribution < 1.29 is 19.4 Å². The molecule has 21 heavy (non-hydrogen) atoms. The predicted octanol–water partition coefficient (Wildman–Crippen LogP) is 2.56. The first-order valence-corrected chi connectivity index (χ1v) is 8.06. The first-order chi connectivity index (χ1) is 9.74. The molecule has 0 saturated carbocycles. The van der Waals surface area contributed by atoms with E-state index in [9.17, 15) is 9.90 Å². The topological polar surface area (TPSA) is 59.0 Å². The lowest BCUT2D eigenvalue weighted by Crippen LogP contribution is -2.48. The van der Waals surface area contributed by atoms with Crippen LogP contribution in [0.4, 0.5) is 4.79 Å². The quantitative estimate of drug-likeness (QED) is 0.851. The summed E-state index contributed by atoms with van der Waals surface area (Å²) in [5, 5.41) is 10.2. The fraction of sp³-hybridized carbons (Fsp3) is 0.938. The third kappa shape index (κ3) is 4.85. The van der Waals surface area contributed by atoms with Crippen molar-refractivity contribution in [3.05, 3.63) is 0 Å². The number of carbonyl (C=O) groups is 1. The van der Waals surface area contributed by atoms with Gasteiger partial charge in [0.05, 0.1) is 18.3 Å². The third-order valence-corrected chi connectivity index (χ3v) is 4.23. The van der Waals surface area contributed by atoms with Crippen LogP contribution in [0, 0.1) is 5.92 Å². The van der Waals surface area contributed by atoms with E-state index in [1.807, 2.05) is 20.8 Å². The van der Waals surface area contributed by atoms with Crippen LogP contribution >= 0.6 is 0 Å². The Bertz CT molecular complexity index is 366. The van der Waals surface area contributed by atoms with Gasteiger partial charge in [-0.25, -0.2) is 4.79 Å². The number of piperidine rings is 1. The Morgan fingerprint density at radius 2 is 2.05 bits per heavy atom. The first-order valence-electron chi connectivity index (χ1n) is 8.06. The van der Waals surface area contributed by atoms with Crippen LogP contribution in [0.25, 0.3) is 0 Å². The van der Waals surface area contributed by atoms with Crippen molar-refractivity contribution in [1.29, 1.82) is 0 Å². The minimum absolute atomic E-state index is 0.0848. The molecule has 0 radical (unpaired) electrons. The second kappa shape index (κ2) is 6.53. The average molecular weight is 299 g/mol. The molecule has 2 saturated heterocycles. The molecule has 1 amide bonds. The van der Waals surface area contributed by atoms with E-state index in [1.165, 1.54) is 0 Å². The number of aliphatic hydroxyl groups excluding tert-OH is 1. The van der Waals surface area contributed by atoms with E-state index in [0.29, 0.717) is 25.6 Å². The van der Waals surface area contributed by atoms with Gasteiger partial charge >= 0.3 is 6.09 Å². The average Bonchev–Trinajstić information content (AvgIpc) is 2.75. The molecule has 2 fully saturated rings. The highest BCUT2D eigenvalue weighted by Crippen LogP contribution is 2.29. The van der Waals surface area contributed by atoms with Crippen LogP contribution in [-0.4, -0.2) is 53.1 Å². The maximum absolute atomic E-state index is 12.1. The van der Waals surface area contributed by atoms with E-state index in [0.717, 1.165) is 19.3 Å². The maximum atomic E-state index is 12.1. The standard InChI is InChI=1S/C16H29NO4/c1-11-5-6-13(20-11)9-12-10-17(8-7-14(12)18)15(19)21-16(2,3)4/h11-14,18H,5-10H2,1-4H3. The number of nitrogens with zero attached hydrogens (tertiary/aromatic N) is 1. The Kier molecular flexibility index (Phi) is 5.15. The van der Waals surface area contributed by atoms with Crippen molar-refractivity contribution in [2.45, 2.75) is 77.3 Å². The zero-order valence-electron chi connectivity index (χ0n) is 13.7. The van der Waals surface area contributed by atoms with Gasteiger partial charge in [-0.2, -0.15) is 0 Å². The van der Waals surface area contributed by atoms with Gasteiger partial charge in [0, 0.05) is 19.0 Å². The van der Waals surface area contributed by atoms with Gasteiger partial charge in [0.25, 0.3) is 0 Å². The highest BCUT2D eigenvalue weighted by molar-refractivity contribution is 5.68. The van der Waals surface area contributed by atoms with Crippen molar-refractivity contribution in [3.8, 4) is 0 Å². The molecule has 0 spiro atoms.